The van der Waals surface area contributed by atoms with E-state index in [1.54, 1.807) is 0 Å². The Bertz CT molecular complexity index is 728. The summed E-state index contributed by atoms with van der Waals surface area (Å²) in [6.45, 7) is 0.229. The second-order valence-corrected chi connectivity index (χ2v) is 6.34. The minimum Gasteiger partial charge on any atom is -0.461 e. The third kappa shape index (κ3) is 6.50. The fourth-order valence-electron chi connectivity index (χ4n) is 1.76. The molecule has 0 N–H and O–H groups in total. The number of alkyl halides is 17. The first kappa shape index (κ1) is 33.2. The summed E-state index contributed by atoms with van der Waals surface area (Å²) >= 11 is 0. The van der Waals surface area contributed by atoms with E-state index < -0.39 is 67.4 Å². The molecule has 0 heterocycles. The monoisotopic (exact) mass is 566 g/mol. The number of ether oxygens (including phenoxy) is 3. The first-order valence-corrected chi connectivity index (χ1v) is 8.43. The molecule has 35 heavy (non-hydrogen) atoms. The molecule has 0 radical (unpaired) electrons. The van der Waals surface area contributed by atoms with Crippen molar-refractivity contribution in [3.63, 3.8) is 0 Å². The number of halogens is 17. The lowest BCUT2D eigenvalue weighted by Crippen LogP contribution is -2.68. The van der Waals surface area contributed by atoms with Gasteiger partial charge in [-0.3, -0.25) is 9.47 Å². The standard InChI is InChI=1S/C14H11F17O4/c1-2-3-4-5-33-6(32)7(15,10(19,20)21)34-14(30,31)9(18,12(25,26)27)35-13(28,29)8(16,17)11(22,23)24/h2-5H2,1H3/t7-,9-/m1/s1. The molecule has 0 bridgehead atoms. The van der Waals surface area contributed by atoms with Crippen LogP contribution in [-0.4, -0.2) is 61.0 Å². The van der Waals surface area contributed by atoms with Crippen LogP contribution in [0, 0.1) is 0 Å². The molecule has 0 aliphatic carbocycles. The fraction of sp³-hybridized carbons (Fsp3) is 0.929. The van der Waals surface area contributed by atoms with Crippen LogP contribution in [0.1, 0.15) is 26.2 Å². The van der Waals surface area contributed by atoms with Crippen LogP contribution >= 0.6 is 0 Å². The van der Waals surface area contributed by atoms with E-state index in [9.17, 15) is 79.4 Å². The number of esters is 1. The van der Waals surface area contributed by atoms with Gasteiger partial charge in [0.05, 0.1) is 6.61 Å². The zero-order valence-corrected chi connectivity index (χ0v) is 16.4. The highest BCUT2D eigenvalue weighted by Gasteiger charge is 2.85. The molecule has 0 spiro atoms. The summed E-state index contributed by atoms with van der Waals surface area (Å²) in [5.41, 5.74) is 0. The Morgan fingerprint density at radius 2 is 1.06 bits per heavy atom. The lowest BCUT2D eigenvalue weighted by atomic mass is 10.2. The molecular formula is C14H11F17O4. The van der Waals surface area contributed by atoms with Gasteiger partial charge >= 0.3 is 54.3 Å². The quantitative estimate of drug-likeness (QED) is 0.161. The lowest BCUT2D eigenvalue weighted by molar-refractivity contribution is -0.548. The number of carbonyl (C=O) groups excluding carboxylic acids is 1. The molecule has 4 nitrogen and oxygen atoms in total. The van der Waals surface area contributed by atoms with Gasteiger partial charge in [-0.05, 0) is 6.42 Å². The van der Waals surface area contributed by atoms with E-state index in [0.717, 1.165) is 0 Å². The maximum atomic E-state index is 14.1. The van der Waals surface area contributed by atoms with Gasteiger partial charge in [0.15, 0.2) is 0 Å². The van der Waals surface area contributed by atoms with E-state index in [0.29, 0.717) is 0 Å². The smallest absolute Gasteiger partial charge is 0.461 e. The largest absolute Gasteiger partial charge is 0.462 e. The molecule has 0 unspecified atom stereocenters. The van der Waals surface area contributed by atoms with E-state index in [2.05, 4.69) is 4.74 Å². The number of rotatable bonds is 11. The van der Waals surface area contributed by atoms with Crippen molar-refractivity contribution in [2.45, 2.75) is 74.6 Å². The summed E-state index contributed by atoms with van der Waals surface area (Å²) in [5, 5.41) is 0. The van der Waals surface area contributed by atoms with Crippen LogP contribution in [0.15, 0.2) is 0 Å². The predicted molar refractivity (Wildman–Crippen MR) is 73.3 cm³/mol. The SMILES string of the molecule is CCCCCOC(=O)[C@@](F)(OC(F)(F)[C@](F)(OC(F)(F)C(F)(F)C(F)(F)F)C(F)(F)F)C(F)(F)F. The minimum atomic E-state index is -8.04. The molecule has 0 fully saturated rings. The maximum absolute atomic E-state index is 14.1. The highest BCUT2D eigenvalue weighted by molar-refractivity contribution is 5.78. The van der Waals surface area contributed by atoms with E-state index in [1.165, 1.54) is 11.7 Å². The van der Waals surface area contributed by atoms with Crippen molar-refractivity contribution in [2.24, 2.45) is 0 Å². The Kier molecular flexibility index (Phi) is 9.41. The minimum absolute atomic E-state index is 0.0353. The van der Waals surface area contributed by atoms with Crippen molar-refractivity contribution < 1.29 is 93.6 Å². The highest BCUT2D eigenvalue weighted by atomic mass is 19.4. The average Bonchev–Trinajstić information content (AvgIpc) is 2.61. The van der Waals surface area contributed by atoms with Crippen LogP contribution in [0.25, 0.3) is 0 Å². The molecule has 2 atom stereocenters. The molecule has 0 saturated heterocycles. The number of unbranched alkanes of at least 4 members (excludes halogenated alkanes) is 2. The van der Waals surface area contributed by atoms with Crippen molar-refractivity contribution in [1.29, 1.82) is 0 Å². The molecule has 0 rings (SSSR count). The third-order valence-electron chi connectivity index (χ3n) is 3.61. The second-order valence-electron chi connectivity index (χ2n) is 6.34. The number of hydrogen-bond donors (Lipinski definition) is 0. The third-order valence-corrected chi connectivity index (χ3v) is 3.61. The van der Waals surface area contributed by atoms with Gasteiger partial charge < -0.3 is 4.74 Å². The van der Waals surface area contributed by atoms with Gasteiger partial charge in [-0.15, -0.1) is 0 Å². The zero-order chi connectivity index (χ0) is 28.5. The average molecular weight is 566 g/mol. The zero-order valence-electron chi connectivity index (χ0n) is 16.4. The van der Waals surface area contributed by atoms with Gasteiger partial charge in [0.25, 0.3) is 0 Å². The molecule has 0 amide bonds. The lowest BCUT2D eigenvalue weighted by Gasteiger charge is -2.39. The van der Waals surface area contributed by atoms with Crippen LogP contribution < -0.4 is 0 Å². The summed E-state index contributed by atoms with van der Waals surface area (Å²) in [5.74, 6) is -26.3. The Morgan fingerprint density at radius 1 is 0.600 bits per heavy atom. The Morgan fingerprint density at radius 3 is 1.40 bits per heavy atom. The van der Waals surface area contributed by atoms with Crippen molar-refractivity contribution in [3.8, 4) is 0 Å². The fourth-order valence-corrected chi connectivity index (χ4v) is 1.76. The summed E-state index contributed by atoms with van der Waals surface area (Å²) in [4.78, 5) is 11.3. The van der Waals surface area contributed by atoms with Crippen LogP contribution in [0.2, 0.25) is 0 Å². The summed E-state index contributed by atoms with van der Waals surface area (Å²) in [7, 11) is 0. The molecular weight excluding hydrogens is 555 g/mol. The maximum Gasteiger partial charge on any atom is 0.462 e. The van der Waals surface area contributed by atoms with Gasteiger partial charge in [-0.1, -0.05) is 19.8 Å². The highest BCUT2D eigenvalue weighted by Crippen LogP contribution is 2.56. The van der Waals surface area contributed by atoms with Gasteiger partial charge in [0.1, 0.15) is 0 Å². The second kappa shape index (κ2) is 9.92. The van der Waals surface area contributed by atoms with Crippen molar-refractivity contribution in [3.05, 3.63) is 0 Å². The first-order chi connectivity index (χ1) is 15.1. The first-order valence-electron chi connectivity index (χ1n) is 8.43. The molecule has 210 valence electrons. The van der Waals surface area contributed by atoms with Gasteiger partial charge in [-0.25, -0.2) is 4.79 Å². The molecule has 0 aliphatic rings. The van der Waals surface area contributed by atoms with Crippen LogP contribution in [0.3, 0.4) is 0 Å². The van der Waals surface area contributed by atoms with Gasteiger partial charge in [0, 0.05) is 0 Å². The summed E-state index contributed by atoms with van der Waals surface area (Å²) < 4.78 is 227. The Balaban J connectivity index is 6.53. The van der Waals surface area contributed by atoms with Gasteiger partial charge in [-0.2, -0.15) is 74.6 Å². The van der Waals surface area contributed by atoms with Crippen LogP contribution in [0.5, 0.6) is 0 Å². The van der Waals surface area contributed by atoms with E-state index in [-0.39, 0.29) is 12.8 Å². The van der Waals surface area contributed by atoms with E-state index in [1.807, 2.05) is 4.74 Å². The molecule has 21 heteroatoms. The van der Waals surface area contributed by atoms with Crippen molar-refractivity contribution in [2.75, 3.05) is 6.61 Å². The van der Waals surface area contributed by atoms with E-state index >= 15 is 0 Å². The van der Waals surface area contributed by atoms with Crippen molar-refractivity contribution in [1.82, 2.24) is 0 Å². The molecule has 0 aromatic rings. The normalized spacial score (nSPS) is 18.1. The molecule has 0 aromatic carbocycles. The summed E-state index contributed by atoms with van der Waals surface area (Å²) in [6, 6.07) is 0. The topological polar surface area (TPSA) is 44.8 Å². The summed E-state index contributed by atoms with van der Waals surface area (Å²) in [6.07, 6.45) is -38.6. The Hall–Kier alpha value is -1.80. The van der Waals surface area contributed by atoms with Crippen molar-refractivity contribution >= 4 is 5.97 Å². The Labute approximate surface area is 182 Å². The van der Waals surface area contributed by atoms with E-state index in [4.69, 9.17) is 0 Å². The number of carbonyl (C=O) groups is 1. The van der Waals surface area contributed by atoms with Gasteiger partial charge in [0.2, 0.25) is 0 Å². The van der Waals surface area contributed by atoms with Crippen LogP contribution in [-0.2, 0) is 19.0 Å². The molecule has 0 aliphatic heterocycles. The molecule has 0 saturated carbocycles. The predicted octanol–water partition coefficient (Wildman–Crippen LogP) is 6.59. The number of hydrogen-bond acceptors (Lipinski definition) is 4. The van der Waals surface area contributed by atoms with Crippen LogP contribution in [0.4, 0.5) is 74.6 Å². The molecule has 0 aromatic heterocycles.